The van der Waals surface area contributed by atoms with Crippen LogP contribution < -0.4 is 35.3 Å². The predicted molar refractivity (Wildman–Crippen MR) is 216 cm³/mol. The van der Waals surface area contributed by atoms with E-state index in [0.29, 0.717) is 46.0 Å². The minimum Gasteiger partial charge on any atom is -0.496 e. The average Bonchev–Trinajstić information content (AvgIpc) is 3.13. The number of hydrogen-bond acceptors (Lipinski definition) is 10. The molecule has 1 heterocycles. The molecule has 294 valence electrons. The molecule has 0 aliphatic rings. The third-order valence-corrected chi connectivity index (χ3v) is 9.39. The summed E-state index contributed by atoms with van der Waals surface area (Å²) in [6.07, 6.45) is 3.06. The molecular formula is C41H45N5O9S. The van der Waals surface area contributed by atoms with Crippen LogP contribution in [0.2, 0.25) is 0 Å². The van der Waals surface area contributed by atoms with Crippen molar-refractivity contribution in [2.24, 2.45) is 5.73 Å². The topological polar surface area (TPSA) is 208 Å². The number of Topliss-reactive ketones (excluding diaryl/α,β-unsaturated/α-hetero) is 1. The van der Waals surface area contributed by atoms with E-state index in [0.717, 1.165) is 22.8 Å². The summed E-state index contributed by atoms with van der Waals surface area (Å²) in [6, 6.07) is 21.4. The van der Waals surface area contributed by atoms with Crippen LogP contribution >= 0.6 is 0 Å². The largest absolute Gasteiger partial charge is 0.496 e. The number of anilines is 3. The monoisotopic (exact) mass is 783 g/mol. The Bertz CT molecular complexity index is 2390. The van der Waals surface area contributed by atoms with E-state index < -0.39 is 28.1 Å². The fourth-order valence-electron chi connectivity index (χ4n) is 5.97. The second-order valence-corrected chi connectivity index (χ2v) is 15.9. The number of benzene rings is 4. The van der Waals surface area contributed by atoms with E-state index >= 15 is 0 Å². The summed E-state index contributed by atoms with van der Waals surface area (Å²) in [4.78, 5) is 41.8. The van der Waals surface area contributed by atoms with Gasteiger partial charge in [0, 0.05) is 41.6 Å². The summed E-state index contributed by atoms with van der Waals surface area (Å²) in [5, 5.41) is 16.2. The van der Waals surface area contributed by atoms with Gasteiger partial charge in [-0.3, -0.25) is 19.3 Å². The van der Waals surface area contributed by atoms with Gasteiger partial charge in [-0.25, -0.2) is 13.2 Å². The fourth-order valence-corrected chi connectivity index (χ4v) is 6.52. The number of nitrogens with one attached hydrogen (secondary N) is 3. The number of carbonyl (C=O) groups is 3. The Kier molecular flexibility index (Phi) is 12.5. The van der Waals surface area contributed by atoms with Crippen LogP contribution in [0.5, 0.6) is 23.0 Å². The number of carbonyl (C=O) groups excluding carboxylic acids is 2. The third-order valence-electron chi connectivity index (χ3n) is 8.80. The smallest absolute Gasteiger partial charge is 0.323 e. The molecule has 15 heteroatoms. The molecule has 4 aromatic carbocycles. The van der Waals surface area contributed by atoms with E-state index in [1.165, 1.54) is 14.2 Å². The number of pyridine rings is 1. The first-order chi connectivity index (χ1) is 26.4. The molecular weight excluding hydrogens is 739 g/mol. The van der Waals surface area contributed by atoms with Gasteiger partial charge in [-0.05, 0) is 65.4 Å². The molecule has 0 aliphatic heterocycles. The van der Waals surface area contributed by atoms with Crippen molar-refractivity contribution in [1.82, 2.24) is 4.98 Å². The van der Waals surface area contributed by atoms with Crippen molar-refractivity contribution >= 4 is 55.6 Å². The van der Waals surface area contributed by atoms with Crippen molar-refractivity contribution in [2.75, 3.05) is 35.8 Å². The van der Waals surface area contributed by atoms with Gasteiger partial charge in [-0.1, -0.05) is 51.1 Å². The number of hydrogen-bond donors (Lipinski definition) is 5. The van der Waals surface area contributed by atoms with E-state index in [1.54, 1.807) is 60.8 Å². The lowest BCUT2D eigenvalue weighted by Crippen LogP contribution is -2.30. The van der Waals surface area contributed by atoms with Crippen molar-refractivity contribution in [2.45, 2.75) is 51.5 Å². The lowest BCUT2D eigenvalue weighted by Gasteiger charge is -2.24. The number of methoxy groups -OCH3 is 2. The number of fused-ring (bicyclic) bond motifs is 1. The Balaban J connectivity index is 1.34. The molecule has 0 radical (unpaired) electrons. The van der Waals surface area contributed by atoms with Crippen molar-refractivity contribution in [3.63, 3.8) is 0 Å². The standard InChI is InChI=1S/C41H45N5O9S/c1-41(2,3)25-21-33(38(54-5)34(22-25)46-56(6,51)52)45-40(50)44-32-14-16-36(29-10-8-7-9-28(29)32)55-27-17-18-43-26(23-27)19-24-11-12-30(37(20-24)53-4)35(47)15-13-31(42)39(48)49/h7-12,14,16-18,20-23,31,46H,13,15,19,42H2,1-6H3,(H,48,49)(H2,44,45,50)/t31-/m0/s1. The van der Waals surface area contributed by atoms with Crippen molar-refractivity contribution in [3.8, 4) is 23.0 Å². The first-order valence-electron chi connectivity index (χ1n) is 17.6. The zero-order chi connectivity index (χ0) is 40.8. The van der Waals surface area contributed by atoms with Crippen LogP contribution in [-0.4, -0.2) is 62.8 Å². The Morgan fingerprint density at radius 3 is 2.21 bits per heavy atom. The van der Waals surface area contributed by atoms with E-state index in [9.17, 15) is 22.8 Å². The van der Waals surface area contributed by atoms with Crippen LogP contribution in [-0.2, 0) is 26.7 Å². The Labute approximate surface area is 325 Å². The molecule has 0 unspecified atom stereocenters. The maximum atomic E-state index is 13.5. The second-order valence-electron chi connectivity index (χ2n) is 14.2. The summed E-state index contributed by atoms with van der Waals surface area (Å²) in [6.45, 7) is 5.92. The molecule has 14 nitrogen and oxygen atoms in total. The maximum Gasteiger partial charge on any atom is 0.323 e. The highest BCUT2D eigenvalue weighted by atomic mass is 32.2. The molecule has 1 atom stereocenters. The van der Waals surface area contributed by atoms with Crippen LogP contribution in [0.1, 0.15) is 60.8 Å². The SMILES string of the molecule is COc1cc(Cc2cc(Oc3ccc(NC(=O)Nc4cc(C(C)(C)C)cc(NS(C)(=O)=O)c4OC)c4ccccc34)ccn2)ccc1C(=O)CC[C@H](N)C(=O)O. The number of aromatic nitrogens is 1. The van der Waals surface area contributed by atoms with Gasteiger partial charge >= 0.3 is 12.0 Å². The average molecular weight is 784 g/mol. The van der Waals surface area contributed by atoms with Gasteiger partial charge in [-0.2, -0.15) is 0 Å². The fraction of sp³-hybridized carbons (Fsp3) is 0.268. The zero-order valence-corrected chi connectivity index (χ0v) is 32.7. The first-order valence-corrected chi connectivity index (χ1v) is 19.5. The highest BCUT2D eigenvalue weighted by molar-refractivity contribution is 7.92. The van der Waals surface area contributed by atoms with Crippen LogP contribution in [0.3, 0.4) is 0 Å². The number of nitrogens with two attached hydrogens (primary N) is 1. The summed E-state index contributed by atoms with van der Waals surface area (Å²) in [7, 11) is -0.795. The molecule has 5 rings (SSSR count). The van der Waals surface area contributed by atoms with Crippen LogP contribution in [0.25, 0.3) is 10.8 Å². The van der Waals surface area contributed by atoms with Crippen LogP contribution in [0.15, 0.2) is 85.1 Å². The molecule has 1 aromatic heterocycles. The Hall–Kier alpha value is -6.19. The molecule has 0 fully saturated rings. The molecule has 0 saturated heterocycles. The highest BCUT2D eigenvalue weighted by Crippen LogP contribution is 2.40. The van der Waals surface area contributed by atoms with Gasteiger partial charge in [0.05, 0.1) is 43.1 Å². The van der Waals surface area contributed by atoms with Crippen molar-refractivity contribution in [1.29, 1.82) is 0 Å². The number of ketones is 1. The molecule has 0 spiro atoms. The number of carboxylic acids is 1. The van der Waals surface area contributed by atoms with Gasteiger partial charge in [0.1, 0.15) is 23.3 Å². The van der Waals surface area contributed by atoms with E-state index in [-0.39, 0.29) is 41.2 Å². The minimum absolute atomic E-state index is 0.0113. The van der Waals surface area contributed by atoms with E-state index in [2.05, 4.69) is 20.3 Å². The number of carboxylic acid groups (broad SMARTS) is 1. The van der Waals surface area contributed by atoms with Gasteiger partial charge in [0.2, 0.25) is 10.0 Å². The molecule has 0 aliphatic carbocycles. The zero-order valence-electron chi connectivity index (χ0n) is 31.9. The highest BCUT2D eigenvalue weighted by Gasteiger charge is 2.23. The Morgan fingerprint density at radius 1 is 0.857 bits per heavy atom. The quantitative estimate of drug-likeness (QED) is 0.0665. The molecule has 2 amide bonds. The third kappa shape index (κ3) is 10.3. The van der Waals surface area contributed by atoms with Crippen LogP contribution in [0, 0.1) is 0 Å². The van der Waals surface area contributed by atoms with Gasteiger partial charge in [0.15, 0.2) is 11.5 Å². The summed E-state index contributed by atoms with van der Waals surface area (Å²) in [5.41, 5.74) is 8.80. The number of nitrogens with zero attached hydrogens (tertiary/aromatic N) is 1. The number of rotatable bonds is 15. The predicted octanol–water partition coefficient (Wildman–Crippen LogP) is 7.32. The molecule has 0 saturated carbocycles. The lowest BCUT2D eigenvalue weighted by atomic mass is 9.86. The molecule has 6 N–H and O–H groups in total. The van der Waals surface area contributed by atoms with E-state index in [4.69, 9.17) is 25.1 Å². The maximum absolute atomic E-state index is 13.5. The minimum atomic E-state index is -3.65. The number of sulfonamides is 1. The molecule has 5 aromatic rings. The van der Waals surface area contributed by atoms with Gasteiger partial charge < -0.3 is 35.7 Å². The first kappa shape index (κ1) is 41.0. The second kappa shape index (κ2) is 17.1. The van der Waals surface area contributed by atoms with Crippen molar-refractivity contribution < 1.29 is 42.1 Å². The Morgan fingerprint density at radius 2 is 1.55 bits per heavy atom. The summed E-state index contributed by atoms with van der Waals surface area (Å²) < 4.78 is 44.2. The number of urea groups is 1. The molecule has 56 heavy (non-hydrogen) atoms. The lowest BCUT2D eigenvalue weighted by molar-refractivity contribution is -0.138. The van der Waals surface area contributed by atoms with Crippen molar-refractivity contribution in [3.05, 3.63) is 107 Å². The number of aliphatic carboxylic acids is 1. The molecule has 0 bridgehead atoms. The summed E-state index contributed by atoms with van der Waals surface area (Å²) in [5.74, 6) is 0.153. The van der Waals surface area contributed by atoms with Crippen LogP contribution in [0.4, 0.5) is 21.9 Å². The van der Waals surface area contributed by atoms with E-state index in [1.807, 2.05) is 45.0 Å². The summed E-state index contributed by atoms with van der Waals surface area (Å²) >= 11 is 0. The van der Waals surface area contributed by atoms with Gasteiger partial charge in [-0.15, -0.1) is 0 Å². The normalized spacial score (nSPS) is 12.1. The van der Waals surface area contributed by atoms with Gasteiger partial charge in [0.25, 0.3) is 0 Å². The number of amides is 2. The number of ether oxygens (including phenoxy) is 3.